The first-order chi connectivity index (χ1) is 8.66. The van der Waals surface area contributed by atoms with Gasteiger partial charge in [0.1, 0.15) is 16.1 Å². The second kappa shape index (κ2) is 4.33. The van der Waals surface area contributed by atoms with Crippen LogP contribution in [0.2, 0.25) is 5.02 Å². The summed E-state index contributed by atoms with van der Waals surface area (Å²) in [6.45, 7) is 0. The molecule has 18 heavy (non-hydrogen) atoms. The van der Waals surface area contributed by atoms with E-state index in [1.165, 1.54) is 12.1 Å². The van der Waals surface area contributed by atoms with E-state index in [1.54, 1.807) is 22.8 Å². The number of aromatic nitrogens is 3. The van der Waals surface area contributed by atoms with Gasteiger partial charge in [-0.25, -0.2) is 13.9 Å². The zero-order valence-corrected chi connectivity index (χ0v) is 11.3. The van der Waals surface area contributed by atoms with Crippen molar-refractivity contribution in [1.29, 1.82) is 0 Å². The van der Waals surface area contributed by atoms with E-state index < -0.39 is 5.82 Å². The van der Waals surface area contributed by atoms with Gasteiger partial charge in [0.15, 0.2) is 5.65 Å². The van der Waals surface area contributed by atoms with Gasteiger partial charge in [0.25, 0.3) is 0 Å². The molecule has 6 heteroatoms. The first-order valence-corrected chi connectivity index (χ1v) is 6.28. The molecule has 2 aromatic heterocycles. The number of imidazole rings is 1. The van der Waals surface area contributed by atoms with Crippen molar-refractivity contribution >= 4 is 33.2 Å². The minimum absolute atomic E-state index is 0.0941. The molecule has 3 aromatic rings. The lowest BCUT2D eigenvalue weighted by Gasteiger charge is -2.02. The fraction of sp³-hybridized carbons (Fsp3) is 0. The van der Waals surface area contributed by atoms with Crippen LogP contribution in [-0.4, -0.2) is 14.6 Å². The van der Waals surface area contributed by atoms with Gasteiger partial charge in [-0.05, 0) is 40.2 Å². The van der Waals surface area contributed by atoms with E-state index in [1.807, 2.05) is 6.07 Å². The quantitative estimate of drug-likeness (QED) is 0.678. The molecule has 0 atom stereocenters. The van der Waals surface area contributed by atoms with Crippen molar-refractivity contribution in [2.24, 2.45) is 0 Å². The molecule has 0 aliphatic rings. The maximum Gasteiger partial charge on any atom is 0.155 e. The maximum absolute atomic E-state index is 13.5. The molecule has 0 spiro atoms. The van der Waals surface area contributed by atoms with Crippen molar-refractivity contribution in [2.75, 3.05) is 0 Å². The van der Waals surface area contributed by atoms with E-state index in [4.69, 9.17) is 11.6 Å². The Morgan fingerprint density at radius 2 is 2.11 bits per heavy atom. The van der Waals surface area contributed by atoms with Crippen molar-refractivity contribution in [3.05, 3.63) is 52.0 Å². The lowest BCUT2D eigenvalue weighted by Crippen LogP contribution is -1.93. The van der Waals surface area contributed by atoms with Crippen LogP contribution in [0, 0.1) is 5.82 Å². The average Bonchev–Trinajstić information content (AvgIpc) is 2.69. The van der Waals surface area contributed by atoms with Gasteiger partial charge >= 0.3 is 0 Å². The molecule has 0 saturated carbocycles. The van der Waals surface area contributed by atoms with Crippen LogP contribution in [0.15, 0.2) is 41.1 Å². The molecule has 0 saturated heterocycles. The predicted molar refractivity (Wildman–Crippen MR) is 71.1 cm³/mol. The minimum Gasteiger partial charge on any atom is -0.219 e. The molecule has 2 heterocycles. The van der Waals surface area contributed by atoms with E-state index in [9.17, 15) is 4.39 Å². The summed E-state index contributed by atoms with van der Waals surface area (Å²) in [6, 6.07) is 8.23. The van der Waals surface area contributed by atoms with Gasteiger partial charge in [0.2, 0.25) is 0 Å². The Labute approximate surface area is 115 Å². The summed E-state index contributed by atoms with van der Waals surface area (Å²) in [5.74, 6) is -0.466. The van der Waals surface area contributed by atoms with E-state index in [-0.39, 0.29) is 5.02 Å². The van der Waals surface area contributed by atoms with Gasteiger partial charge in [0, 0.05) is 11.8 Å². The summed E-state index contributed by atoms with van der Waals surface area (Å²) in [5.41, 5.74) is 2.05. The van der Waals surface area contributed by atoms with Crippen molar-refractivity contribution < 1.29 is 4.39 Å². The normalized spacial score (nSPS) is 11.1. The van der Waals surface area contributed by atoms with E-state index in [2.05, 4.69) is 26.0 Å². The summed E-state index contributed by atoms with van der Waals surface area (Å²) in [5, 5.41) is 4.29. The van der Waals surface area contributed by atoms with E-state index in [0.29, 0.717) is 21.5 Å². The predicted octanol–water partition coefficient (Wildman–Crippen LogP) is 3.95. The standard InChI is InChI=1S/C12H6BrClFN3/c13-12-11(7-3-4-8(14)9(15)6-7)18-10(17-12)2-1-5-16-18/h1-6H. The zero-order chi connectivity index (χ0) is 12.7. The Balaban J connectivity index is 2.30. The molecule has 0 bridgehead atoms. The molecule has 0 radical (unpaired) electrons. The highest BCUT2D eigenvalue weighted by atomic mass is 79.9. The van der Waals surface area contributed by atoms with Crippen LogP contribution in [0.1, 0.15) is 0 Å². The Bertz CT molecular complexity index is 741. The second-order valence-electron chi connectivity index (χ2n) is 3.67. The van der Waals surface area contributed by atoms with Crippen LogP contribution in [-0.2, 0) is 0 Å². The first kappa shape index (κ1) is 11.6. The largest absolute Gasteiger partial charge is 0.219 e. The third-order valence-corrected chi connectivity index (χ3v) is 3.40. The van der Waals surface area contributed by atoms with Crippen LogP contribution < -0.4 is 0 Å². The fourth-order valence-corrected chi connectivity index (χ4v) is 2.44. The average molecular weight is 327 g/mol. The monoisotopic (exact) mass is 325 g/mol. The molecule has 0 unspecified atom stereocenters. The Morgan fingerprint density at radius 3 is 2.89 bits per heavy atom. The summed E-state index contributed by atoms with van der Waals surface area (Å²) in [7, 11) is 0. The smallest absolute Gasteiger partial charge is 0.155 e. The summed E-state index contributed by atoms with van der Waals surface area (Å²) in [6.07, 6.45) is 1.65. The summed E-state index contributed by atoms with van der Waals surface area (Å²) in [4.78, 5) is 4.30. The third kappa shape index (κ3) is 1.79. The number of hydrogen-bond donors (Lipinski definition) is 0. The zero-order valence-electron chi connectivity index (χ0n) is 8.94. The molecule has 3 nitrogen and oxygen atoms in total. The molecule has 1 aromatic carbocycles. The van der Waals surface area contributed by atoms with Crippen molar-refractivity contribution in [1.82, 2.24) is 14.6 Å². The summed E-state index contributed by atoms with van der Waals surface area (Å²) < 4.78 is 15.8. The van der Waals surface area contributed by atoms with Gasteiger partial charge in [-0.1, -0.05) is 17.7 Å². The van der Waals surface area contributed by atoms with Crippen LogP contribution in [0.25, 0.3) is 16.9 Å². The highest BCUT2D eigenvalue weighted by Gasteiger charge is 2.14. The second-order valence-corrected chi connectivity index (χ2v) is 4.83. The number of nitrogens with zero attached hydrogens (tertiary/aromatic N) is 3. The van der Waals surface area contributed by atoms with Crippen LogP contribution in [0.5, 0.6) is 0 Å². The maximum atomic E-state index is 13.5. The topological polar surface area (TPSA) is 30.2 Å². The van der Waals surface area contributed by atoms with E-state index >= 15 is 0 Å². The number of benzene rings is 1. The molecule has 0 aliphatic heterocycles. The highest BCUT2D eigenvalue weighted by molar-refractivity contribution is 9.10. The molecule has 0 fully saturated rings. The van der Waals surface area contributed by atoms with Crippen molar-refractivity contribution in [3.63, 3.8) is 0 Å². The molecule has 0 aliphatic carbocycles. The lowest BCUT2D eigenvalue weighted by molar-refractivity contribution is 0.628. The fourth-order valence-electron chi connectivity index (χ4n) is 1.75. The van der Waals surface area contributed by atoms with Gasteiger partial charge in [-0.15, -0.1) is 0 Å². The number of rotatable bonds is 1. The van der Waals surface area contributed by atoms with Gasteiger partial charge < -0.3 is 0 Å². The Hall–Kier alpha value is -1.46. The van der Waals surface area contributed by atoms with Crippen LogP contribution >= 0.6 is 27.5 Å². The lowest BCUT2D eigenvalue weighted by atomic mass is 10.2. The van der Waals surface area contributed by atoms with Crippen LogP contribution in [0.3, 0.4) is 0 Å². The molecule has 0 N–H and O–H groups in total. The SMILES string of the molecule is Fc1cc(-c2c(Br)nc3cccnn23)ccc1Cl. The number of fused-ring (bicyclic) bond motifs is 1. The number of hydrogen-bond acceptors (Lipinski definition) is 2. The summed E-state index contributed by atoms with van der Waals surface area (Å²) >= 11 is 9.04. The molecule has 0 amide bonds. The molecule has 3 rings (SSSR count). The van der Waals surface area contributed by atoms with Gasteiger partial charge in [-0.3, -0.25) is 0 Å². The third-order valence-electron chi connectivity index (χ3n) is 2.54. The molecule has 90 valence electrons. The highest BCUT2D eigenvalue weighted by Crippen LogP contribution is 2.30. The van der Waals surface area contributed by atoms with Crippen LogP contribution in [0.4, 0.5) is 4.39 Å². The molecular weight excluding hydrogens is 321 g/mol. The van der Waals surface area contributed by atoms with Crippen molar-refractivity contribution in [2.45, 2.75) is 0 Å². The first-order valence-electron chi connectivity index (χ1n) is 5.11. The Kier molecular flexibility index (Phi) is 2.80. The molecular formula is C12H6BrClFN3. The number of halogens is 3. The van der Waals surface area contributed by atoms with Gasteiger partial charge in [-0.2, -0.15) is 5.10 Å². The van der Waals surface area contributed by atoms with Gasteiger partial charge in [0.05, 0.1) is 5.02 Å². The van der Waals surface area contributed by atoms with Crippen molar-refractivity contribution in [3.8, 4) is 11.3 Å². The Morgan fingerprint density at radius 1 is 1.28 bits per heavy atom. The van der Waals surface area contributed by atoms with E-state index in [0.717, 1.165) is 0 Å². The minimum atomic E-state index is -0.466.